The van der Waals surface area contributed by atoms with Crippen LogP contribution in [0.15, 0.2) is 89.7 Å². The number of hydrogen-bond donors (Lipinski definition) is 1. The molecule has 90 heavy (non-hydrogen) atoms. The van der Waals surface area contributed by atoms with E-state index in [-0.39, 0.29) is 66.3 Å². The molecule has 5 aliphatic rings. The molecule has 4 aliphatic heterocycles. The van der Waals surface area contributed by atoms with Crippen molar-refractivity contribution >= 4 is 46.4 Å². The highest BCUT2D eigenvalue weighted by molar-refractivity contribution is 5.97. The van der Waals surface area contributed by atoms with E-state index in [4.69, 9.17) is 14.2 Å². The van der Waals surface area contributed by atoms with Crippen molar-refractivity contribution in [3.63, 3.8) is 0 Å². The summed E-state index contributed by atoms with van der Waals surface area (Å²) in [6.45, 7) is 15.4. The van der Waals surface area contributed by atoms with Gasteiger partial charge in [-0.15, -0.1) is 0 Å². The zero-order chi connectivity index (χ0) is 63.5. The van der Waals surface area contributed by atoms with Crippen LogP contribution in [0.1, 0.15) is 135 Å². The summed E-state index contributed by atoms with van der Waals surface area (Å²) in [5.74, 6) is 0.203. The summed E-state index contributed by atoms with van der Waals surface area (Å²) < 4.78 is 32.3. The lowest BCUT2D eigenvalue weighted by Crippen LogP contribution is -2.54. The average molecular weight is 1240 g/mol. The van der Waals surface area contributed by atoms with Gasteiger partial charge in [0.15, 0.2) is 0 Å². The second-order valence-corrected chi connectivity index (χ2v) is 25.9. The number of aromatic nitrogens is 2. The molecule has 5 aromatic rings. The summed E-state index contributed by atoms with van der Waals surface area (Å²) in [6, 6.07) is 24.7. The van der Waals surface area contributed by atoms with Crippen LogP contribution in [0.2, 0.25) is 0 Å². The quantitative estimate of drug-likeness (QED) is 0.0840. The zero-order valence-electron chi connectivity index (χ0n) is 53.1. The minimum Gasteiger partial charge on any atom is -0.497 e. The summed E-state index contributed by atoms with van der Waals surface area (Å²) in [5, 5.41) is 7.99. The van der Waals surface area contributed by atoms with Crippen molar-refractivity contribution < 1.29 is 47.4 Å². The molecule has 4 aromatic carbocycles. The van der Waals surface area contributed by atoms with Crippen molar-refractivity contribution in [1.82, 2.24) is 49.4 Å². The van der Waals surface area contributed by atoms with Gasteiger partial charge in [0.05, 0.1) is 43.4 Å². The number of nitrogens with one attached hydrogen (secondary N) is 1. The number of fused-ring (bicyclic) bond motifs is 1. The molecular formula is C69H89FN10O10. The molecule has 20 nitrogen and oxygen atoms in total. The third-order valence-electron chi connectivity index (χ3n) is 18.5. The second kappa shape index (κ2) is 29.8. The number of ether oxygens (including phenoxy) is 3. The molecule has 0 radical (unpaired) electrons. The number of methoxy groups -OCH3 is 1. The highest BCUT2D eigenvalue weighted by Gasteiger charge is 2.35. The predicted molar refractivity (Wildman–Crippen MR) is 340 cm³/mol. The maximum Gasteiger partial charge on any atom is 0.411 e. The lowest BCUT2D eigenvalue weighted by atomic mass is 9.89. The predicted octanol–water partition coefficient (Wildman–Crippen LogP) is 7.82. The summed E-state index contributed by atoms with van der Waals surface area (Å²) in [6.07, 6.45) is 8.01. The Balaban J connectivity index is 0.671. The summed E-state index contributed by atoms with van der Waals surface area (Å²) in [5.41, 5.74) is 2.41. The Bertz CT molecular complexity index is 3420. The van der Waals surface area contributed by atoms with E-state index in [9.17, 15) is 33.6 Å². The molecular weight excluding hydrogens is 1150 g/mol. The number of aromatic amines is 1. The number of piperazine rings is 2. The number of nitrogens with zero attached hydrogens (tertiary/aromatic N) is 9. The van der Waals surface area contributed by atoms with Gasteiger partial charge in [-0.3, -0.25) is 43.5 Å². The van der Waals surface area contributed by atoms with E-state index in [1.165, 1.54) is 11.0 Å². The van der Waals surface area contributed by atoms with Crippen LogP contribution in [0, 0.1) is 11.7 Å². The van der Waals surface area contributed by atoms with E-state index in [1.807, 2.05) is 64.1 Å². The van der Waals surface area contributed by atoms with Crippen LogP contribution in [0.4, 0.5) is 9.18 Å². The number of benzene rings is 4. The van der Waals surface area contributed by atoms with Crippen LogP contribution in [-0.2, 0) is 32.1 Å². The topological polar surface area (TPSA) is 202 Å². The molecule has 482 valence electrons. The molecule has 5 heterocycles. The van der Waals surface area contributed by atoms with Crippen LogP contribution in [0.25, 0.3) is 10.8 Å². The van der Waals surface area contributed by atoms with Crippen molar-refractivity contribution in [2.45, 2.75) is 116 Å². The van der Waals surface area contributed by atoms with Crippen molar-refractivity contribution in [2.24, 2.45) is 5.92 Å². The van der Waals surface area contributed by atoms with E-state index in [1.54, 1.807) is 74.1 Å². The molecule has 5 fully saturated rings. The number of carbonyl (C=O) groups excluding carboxylic acids is 6. The second-order valence-electron chi connectivity index (χ2n) is 25.9. The number of piperidine rings is 2. The minimum atomic E-state index is -0.782. The van der Waals surface area contributed by atoms with Crippen molar-refractivity contribution in [3.05, 3.63) is 135 Å². The molecule has 1 N–H and O–H groups in total. The molecule has 4 saturated heterocycles. The number of likely N-dealkylation sites (tertiary alicyclic amines) is 2. The first-order valence-electron chi connectivity index (χ1n) is 32.4. The van der Waals surface area contributed by atoms with Crippen molar-refractivity contribution in [3.8, 4) is 11.5 Å². The van der Waals surface area contributed by atoms with Gasteiger partial charge in [0.1, 0.15) is 36.0 Å². The number of carbonyl (C=O) groups is 6. The van der Waals surface area contributed by atoms with Crippen LogP contribution in [0.5, 0.6) is 11.5 Å². The van der Waals surface area contributed by atoms with Gasteiger partial charge in [-0.2, -0.15) is 5.10 Å². The Labute approximate surface area is 527 Å². The molecule has 0 spiro atoms. The lowest BCUT2D eigenvalue weighted by molar-refractivity contribution is -0.135. The Kier molecular flexibility index (Phi) is 21.5. The molecule has 6 amide bonds. The molecule has 1 aromatic heterocycles. The van der Waals surface area contributed by atoms with Crippen molar-refractivity contribution in [2.75, 3.05) is 118 Å². The van der Waals surface area contributed by atoms with Gasteiger partial charge in [-0.1, -0.05) is 55.7 Å². The van der Waals surface area contributed by atoms with E-state index in [0.717, 1.165) is 96.1 Å². The van der Waals surface area contributed by atoms with Gasteiger partial charge in [0, 0.05) is 113 Å². The normalized spacial score (nSPS) is 18.3. The highest BCUT2D eigenvalue weighted by atomic mass is 19.1. The maximum atomic E-state index is 15.2. The average Bonchev–Trinajstić information content (AvgIpc) is 1.26. The van der Waals surface area contributed by atoms with Gasteiger partial charge >= 0.3 is 6.09 Å². The molecule has 1 saturated carbocycles. The molecule has 0 bridgehead atoms. The Morgan fingerprint density at radius 3 is 2.11 bits per heavy atom. The SMILES string of the molecule is CCOc1cc(OC)ccc1CN(CC(=O)N1CCCC(c2cccc(C(=O)N(CC(=O)N3CCN(CC4CCN(CC(=O)N5CCN(C(=O)c6cc(Cc7n[nH]c(=O)c8ccccc78)ccc6F)CC5)CC4)CC3)C3CCCCC3)c2)C1)C(=O)OC(C)(C)C. The third kappa shape index (κ3) is 16.5. The van der Waals surface area contributed by atoms with E-state index in [2.05, 4.69) is 20.0 Å². The zero-order valence-corrected chi connectivity index (χ0v) is 53.1. The minimum absolute atomic E-state index is 0.0215. The lowest BCUT2D eigenvalue weighted by Gasteiger charge is -2.40. The number of hydrogen-bond acceptors (Lipinski definition) is 13. The number of halogens is 1. The number of amides is 6. The Morgan fingerprint density at radius 1 is 0.689 bits per heavy atom. The largest absolute Gasteiger partial charge is 0.497 e. The highest BCUT2D eigenvalue weighted by Crippen LogP contribution is 2.32. The Hall–Kier alpha value is -7.91. The fraction of sp³-hybridized carbons (Fsp3) is 0.536. The van der Waals surface area contributed by atoms with Gasteiger partial charge in [-0.25, -0.2) is 14.3 Å². The van der Waals surface area contributed by atoms with Gasteiger partial charge in [0.2, 0.25) is 17.7 Å². The molecule has 1 unspecified atom stereocenters. The van der Waals surface area contributed by atoms with Gasteiger partial charge in [0.25, 0.3) is 17.4 Å². The monoisotopic (exact) mass is 1240 g/mol. The van der Waals surface area contributed by atoms with Crippen LogP contribution >= 0.6 is 0 Å². The van der Waals surface area contributed by atoms with E-state index in [0.29, 0.717) is 123 Å². The van der Waals surface area contributed by atoms with Crippen LogP contribution in [0.3, 0.4) is 0 Å². The smallest absolute Gasteiger partial charge is 0.411 e. The summed E-state index contributed by atoms with van der Waals surface area (Å²) in [7, 11) is 1.58. The third-order valence-corrected chi connectivity index (χ3v) is 18.5. The first-order valence-corrected chi connectivity index (χ1v) is 32.4. The van der Waals surface area contributed by atoms with Crippen LogP contribution in [-0.4, -0.2) is 215 Å². The van der Waals surface area contributed by atoms with E-state index >= 15 is 4.39 Å². The maximum absolute atomic E-state index is 15.2. The first kappa shape index (κ1) is 65.1. The number of H-pyrrole nitrogens is 1. The molecule has 1 aliphatic carbocycles. The molecule has 21 heteroatoms. The van der Waals surface area contributed by atoms with E-state index < -0.39 is 23.4 Å². The van der Waals surface area contributed by atoms with Crippen LogP contribution < -0.4 is 15.0 Å². The summed E-state index contributed by atoms with van der Waals surface area (Å²) >= 11 is 0. The summed E-state index contributed by atoms with van der Waals surface area (Å²) in [4.78, 5) is 112. The number of rotatable bonds is 19. The molecule has 10 rings (SSSR count). The fourth-order valence-electron chi connectivity index (χ4n) is 13.5. The molecule has 1 atom stereocenters. The van der Waals surface area contributed by atoms with Crippen molar-refractivity contribution in [1.29, 1.82) is 0 Å². The first-order chi connectivity index (χ1) is 43.4. The standard InChI is InChI=1S/C69H89FN10O10/c1-6-89-61-41-55(88-5)23-22-53(61)44-79(68(87)90-69(2,3)4)46-63(82)78-27-13-16-52(43-78)50-14-12-15-51(40-50)66(85)80(54-17-8-7-9-18-54)47-64(83)75-32-30-74(31-33-75)42-48-25-28-73(29-26-48)45-62(81)76-34-36-77(37-35-76)67(86)58-38-49(21-24-59(58)70)39-60-56-19-10-11-20-57(56)65(84)72-71-60/h10-12,14-15,19-24,38,40-41,48,52,54H,6-9,13,16-18,25-37,39,42-47H2,1-5H3,(H,72,84). The van der Waals surface area contributed by atoms with Gasteiger partial charge in [-0.05, 0) is 139 Å². The fourth-order valence-corrected chi connectivity index (χ4v) is 13.5. The Morgan fingerprint density at radius 2 is 1.39 bits per heavy atom. The van der Waals surface area contributed by atoms with Gasteiger partial charge < -0.3 is 38.7 Å².